The molecule has 0 bridgehead atoms. The lowest BCUT2D eigenvalue weighted by atomic mass is 9.85. The Morgan fingerprint density at radius 3 is 2.74 bits per heavy atom. The molecule has 2 amide bonds. The van der Waals surface area contributed by atoms with E-state index in [1.807, 2.05) is 32.9 Å². The first-order valence-corrected chi connectivity index (χ1v) is 11.1. The lowest BCUT2D eigenvalue weighted by molar-refractivity contribution is -0.120. The van der Waals surface area contributed by atoms with Gasteiger partial charge in [0.05, 0.1) is 12.3 Å². The maximum atomic E-state index is 12.8. The first kappa shape index (κ1) is 22.3. The Hall–Kier alpha value is -4.48. The quantitative estimate of drug-likeness (QED) is 0.409. The van der Waals surface area contributed by atoms with Crippen LogP contribution in [0.4, 0.5) is 5.82 Å². The molecule has 1 aliphatic heterocycles. The van der Waals surface area contributed by atoms with E-state index in [1.54, 1.807) is 27.4 Å². The Balaban J connectivity index is 1.58. The number of rotatable bonds is 7. The third-order valence-corrected chi connectivity index (χ3v) is 5.76. The Labute approximate surface area is 200 Å². The number of hydrogen-bond donors (Lipinski definition) is 2. The average Bonchev–Trinajstić information content (AvgIpc) is 3.37. The number of carbonyl (C=O) groups is 2. The minimum absolute atomic E-state index is 0.141. The number of amides is 2. The molecule has 180 valence electrons. The van der Waals surface area contributed by atoms with E-state index in [2.05, 4.69) is 20.6 Å². The molecule has 3 N–H and O–H groups in total. The standard InChI is InChI=1S/C23H24N8O4/c1-4-34-17-9-14(5-6-16(17)35-11-18(24)32)15-10-21(33)25-23-22(15)12(2)28-31(23)20-8-7-19-27-26-13(3)30(19)29-20/h5-9,15H,4,10-11H2,1-3H3,(H2,24,32)(H,25,33)/t15-/m0/s1. The molecule has 12 heteroatoms. The molecule has 12 nitrogen and oxygen atoms in total. The number of fused-ring (bicyclic) bond motifs is 2. The topological polar surface area (TPSA) is 152 Å². The van der Waals surface area contributed by atoms with Crippen molar-refractivity contribution in [1.29, 1.82) is 0 Å². The van der Waals surface area contributed by atoms with Crippen molar-refractivity contribution in [3.8, 4) is 17.3 Å². The predicted molar refractivity (Wildman–Crippen MR) is 125 cm³/mol. The van der Waals surface area contributed by atoms with E-state index in [-0.39, 0.29) is 24.9 Å². The van der Waals surface area contributed by atoms with Crippen LogP contribution in [0.3, 0.4) is 0 Å². The molecule has 0 saturated carbocycles. The van der Waals surface area contributed by atoms with Gasteiger partial charge in [0.25, 0.3) is 5.91 Å². The first-order valence-electron chi connectivity index (χ1n) is 11.1. The molecular weight excluding hydrogens is 452 g/mol. The minimum Gasteiger partial charge on any atom is -0.490 e. The van der Waals surface area contributed by atoms with Crippen LogP contribution >= 0.6 is 0 Å². The third kappa shape index (κ3) is 4.03. The Bertz CT molecular complexity index is 1460. The molecule has 1 aromatic carbocycles. The number of nitrogens with one attached hydrogen (secondary N) is 1. The van der Waals surface area contributed by atoms with Gasteiger partial charge >= 0.3 is 0 Å². The molecule has 3 aromatic heterocycles. The second-order valence-electron chi connectivity index (χ2n) is 8.17. The summed E-state index contributed by atoms with van der Waals surface area (Å²) < 4.78 is 14.5. The SMILES string of the molecule is CCOc1cc([C@@H]2CC(=O)Nc3c2c(C)nn3-c2ccc3nnc(C)n3n2)ccc1OCC(N)=O. The van der Waals surface area contributed by atoms with Crippen LogP contribution in [0.5, 0.6) is 11.5 Å². The molecule has 35 heavy (non-hydrogen) atoms. The molecule has 1 atom stereocenters. The van der Waals surface area contributed by atoms with Crippen LogP contribution in [0.1, 0.15) is 41.9 Å². The number of nitrogens with two attached hydrogens (primary N) is 1. The Kier molecular flexibility index (Phi) is 5.55. The molecule has 4 heterocycles. The van der Waals surface area contributed by atoms with Crippen molar-refractivity contribution in [1.82, 2.24) is 29.6 Å². The fourth-order valence-electron chi connectivity index (χ4n) is 4.27. The summed E-state index contributed by atoms with van der Waals surface area (Å²) in [6, 6.07) is 8.98. The van der Waals surface area contributed by atoms with E-state index in [0.717, 1.165) is 16.8 Å². The Morgan fingerprint density at radius 2 is 1.97 bits per heavy atom. The van der Waals surface area contributed by atoms with E-state index in [4.69, 9.17) is 20.3 Å². The highest BCUT2D eigenvalue weighted by Crippen LogP contribution is 2.42. The van der Waals surface area contributed by atoms with E-state index in [1.165, 1.54) is 0 Å². The van der Waals surface area contributed by atoms with Crippen LogP contribution in [-0.2, 0) is 9.59 Å². The maximum absolute atomic E-state index is 12.8. The van der Waals surface area contributed by atoms with Gasteiger partial charge in [-0.1, -0.05) is 6.07 Å². The molecule has 0 fully saturated rings. The second-order valence-corrected chi connectivity index (χ2v) is 8.17. The summed E-state index contributed by atoms with van der Waals surface area (Å²) in [6.07, 6.45) is 0.240. The number of hydrogen-bond acceptors (Lipinski definition) is 8. The first-order chi connectivity index (χ1) is 16.9. The number of ether oxygens (including phenoxy) is 2. The monoisotopic (exact) mass is 476 g/mol. The van der Waals surface area contributed by atoms with Crippen molar-refractivity contribution < 1.29 is 19.1 Å². The number of carbonyl (C=O) groups excluding carboxylic acids is 2. The summed E-state index contributed by atoms with van der Waals surface area (Å²) >= 11 is 0. The molecule has 1 aliphatic rings. The summed E-state index contributed by atoms with van der Waals surface area (Å²) in [5.74, 6) is 1.62. The maximum Gasteiger partial charge on any atom is 0.255 e. The zero-order valence-corrected chi connectivity index (χ0v) is 19.5. The van der Waals surface area contributed by atoms with Crippen LogP contribution < -0.4 is 20.5 Å². The van der Waals surface area contributed by atoms with Crippen molar-refractivity contribution in [3.05, 3.63) is 53.0 Å². The highest BCUT2D eigenvalue weighted by atomic mass is 16.5. The molecule has 0 unspecified atom stereocenters. The largest absolute Gasteiger partial charge is 0.490 e. The average molecular weight is 476 g/mol. The second kappa shape index (κ2) is 8.70. The van der Waals surface area contributed by atoms with Gasteiger partial charge in [0, 0.05) is 17.9 Å². The van der Waals surface area contributed by atoms with Gasteiger partial charge in [0.2, 0.25) is 5.91 Å². The Morgan fingerprint density at radius 1 is 1.14 bits per heavy atom. The van der Waals surface area contributed by atoms with Gasteiger partial charge in [0.15, 0.2) is 35.4 Å². The number of aryl methyl sites for hydroxylation is 2. The minimum atomic E-state index is -0.582. The van der Waals surface area contributed by atoms with E-state index < -0.39 is 5.91 Å². The van der Waals surface area contributed by atoms with Gasteiger partial charge in [0.1, 0.15) is 5.82 Å². The van der Waals surface area contributed by atoms with Gasteiger partial charge in [-0.3, -0.25) is 9.59 Å². The van der Waals surface area contributed by atoms with Crippen molar-refractivity contribution in [2.24, 2.45) is 5.73 Å². The zero-order valence-electron chi connectivity index (χ0n) is 19.5. The van der Waals surface area contributed by atoms with Crippen LogP contribution in [0.15, 0.2) is 30.3 Å². The fourth-order valence-corrected chi connectivity index (χ4v) is 4.27. The summed E-state index contributed by atoms with van der Waals surface area (Å²) in [5.41, 5.74) is 8.34. The molecule has 0 spiro atoms. The van der Waals surface area contributed by atoms with Gasteiger partial charge < -0.3 is 20.5 Å². The van der Waals surface area contributed by atoms with Crippen LogP contribution in [0.25, 0.3) is 11.5 Å². The number of primary amides is 1. The number of anilines is 1. The van der Waals surface area contributed by atoms with Crippen LogP contribution in [-0.4, -0.2) is 54.6 Å². The number of nitrogens with zero attached hydrogens (tertiary/aromatic N) is 6. The van der Waals surface area contributed by atoms with Crippen molar-refractivity contribution in [2.75, 3.05) is 18.5 Å². The number of aromatic nitrogens is 6. The molecular formula is C23H24N8O4. The summed E-state index contributed by atoms with van der Waals surface area (Å²) in [5, 5.41) is 20.4. The summed E-state index contributed by atoms with van der Waals surface area (Å²) in [6.45, 7) is 5.71. The predicted octanol–water partition coefficient (Wildman–Crippen LogP) is 1.66. The van der Waals surface area contributed by atoms with E-state index >= 15 is 0 Å². The van der Waals surface area contributed by atoms with Crippen LogP contribution in [0.2, 0.25) is 0 Å². The highest BCUT2D eigenvalue weighted by Gasteiger charge is 2.33. The van der Waals surface area contributed by atoms with Gasteiger partial charge in [-0.05, 0) is 50.6 Å². The van der Waals surface area contributed by atoms with Gasteiger partial charge in [-0.2, -0.15) is 14.3 Å². The normalized spacial score (nSPS) is 15.1. The van der Waals surface area contributed by atoms with Gasteiger partial charge in [-0.25, -0.2) is 0 Å². The third-order valence-electron chi connectivity index (χ3n) is 5.76. The van der Waals surface area contributed by atoms with E-state index in [0.29, 0.717) is 41.2 Å². The molecule has 0 radical (unpaired) electrons. The summed E-state index contributed by atoms with van der Waals surface area (Å²) in [4.78, 5) is 23.9. The van der Waals surface area contributed by atoms with Crippen molar-refractivity contribution in [3.63, 3.8) is 0 Å². The van der Waals surface area contributed by atoms with Crippen molar-refractivity contribution >= 4 is 23.3 Å². The molecule has 5 rings (SSSR count). The lowest BCUT2D eigenvalue weighted by Gasteiger charge is -2.25. The smallest absolute Gasteiger partial charge is 0.255 e. The molecule has 0 saturated heterocycles. The lowest BCUT2D eigenvalue weighted by Crippen LogP contribution is -2.25. The zero-order chi connectivity index (χ0) is 24.7. The molecule has 0 aliphatic carbocycles. The summed E-state index contributed by atoms with van der Waals surface area (Å²) in [7, 11) is 0. The fraction of sp³-hybridized carbons (Fsp3) is 0.304. The van der Waals surface area contributed by atoms with Crippen molar-refractivity contribution in [2.45, 2.75) is 33.1 Å². The van der Waals surface area contributed by atoms with Crippen LogP contribution in [0, 0.1) is 13.8 Å². The van der Waals surface area contributed by atoms with E-state index in [9.17, 15) is 9.59 Å². The number of benzene rings is 1. The van der Waals surface area contributed by atoms with Gasteiger partial charge in [-0.15, -0.1) is 15.3 Å². The highest BCUT2D eigenvalue weighted by molar-refractivity contribution is 5.95. The molecule has 4 aromatic rings.